The maximum absolute atomic E-state index is 12.0. The maximum Gasteiger partial charge on any atom is 0.230 e. The Balaban J connectivity index is 1.36. The minimum Gasteiger partial charge on any atom is -0.352 e. The van der Waals surface area contributed by atoms with Crippen LogP contribution in [0.15, 0.2) is 39.3 Å². The molecule has 0 unspecified atom stereocenters. The van der Waals surface area contributed by atoms with Crippen LogP contribution in [0.3, 0.4) is 0 Å². The van der Waals surface area contributed by atoms with Crippen molar-refractivity contribution in [1.29, 1.82) is 0 Å². The van der Waals surface area contributed by atoms with Crippen molar-refractivity contribution in [3.05, 3.63) is 24.3 Å². The number of nitrogens with zero attached hydrogens (tertiary/aromatic N) is 3. The van der Waals surface area contributed by atoms with E-state index in [1.54, 1.807) is 0 Å². The summed E-state index contributed by atoms with van der Waals surface area (Å²) in [6.45, 7) is 0. The van der Waals surface area contributed by atoms with E-state index in [1.807, 2.05) is 24.3 Å². The maximum atomic E-state index is 12.0. The molecule has 1 atom stereocenters. The summed E-state index contributed by atoms with van der Waals surface area (Å²) in [6.07, 6.45) is 0.468. The van der Waals surface area contributed by atoms with E-state index < -0.39 is 9.84 Å². The average Bonchev–Trinajstić information content (AvgIpc) is 2.96. The highest BCUT2D eigenvalue weighted by Gasteiger charge is 2.29. The summed E-state index contributed by atoms with van der Waals surface area (Å²) in [5, 5.41) is 15.3. The molecule has 11 heteroatoms. The Hall–Kier alpha value is -1.85. The lowest BCUT2D eigenvalue weighted by atomic mass is 10.3. The van der Waals surface area contributed by atoms with E-state index in [1.165, 1.54) is 23.5 Å². The van der Waals surface area contributed by atoms with Crippen molar-refractivity contribution >= 4 is 50.8 Å². The first kappa shape index (κ1) is 17.6. The van der Waals surface area contributed by atoms with Gasteiger partial charge in [-0.05, 0) is 18.6 Å². The molecule has 0 saturated carbocycles. The number of rotatable bonds is 4. The topological polar surface area (TPSA) is 114 Å². The molecular formula is C15H15N5O3S3. The van der Waals surface area contributed by atoms with Gasteiger partial charge in [0.05, 0.1) is 22.9 Å². The van der Waals surface area contributed by atoms with Crippen LogP contribution in [0.25, 0.3) is 0 Å². The number of hydrogen-bond acceptors (Lipinski definition) is 9. The largest absolute Gasteiger partial charge is 0.352 e. The van der Waals surface area contributed by atoms with Crippen molar-refractivity contribution < 1.29 is 13.2 Å². The first-order valence-corrected chi connectivity index (χ1v) is 11.5. The average molecular weight is 410 g/mol. The van der Waals surface area contributed by atoms with Crippen LogP contribution in [0, 0.1) is 0 Å². The minimum absolute atomic E-state index is 0.0147. The summed E-state index contributed by atoms with van der Waals surface area (Å²) < 4.78 is 22.9. The Morgan fingerprint density at radius 3 is 3.00 bits per heavy atom. The molecule has 2 aliphatic rings. The lowest BCUT2D eigenvalue weighted by Gasteiger charge is -2.18. The molecule has 2 N–H and O–H groups in total. The highest BCUT2D eigenvalue weighted by molar-refractivity contribution is 8.00. The number of anilines is 2. The molecule has 1 aromatic heterocycles. The van der Waals surface area contributed by atoms with Crippen molar-refractivity contribution in [2.45, 2.75) is 27.5 Å². The monoisotopic (exact) mass is 409 g/mol. The van der Waals surface area contributed by atoms with Crippen LogP contribution < -0.4 is 10.6 Å². The van der Waals surface area contributed by atoms with Crippen molar-refractivity contribution in [3.63, 3.8) is 0 Å². The second-order valence-electron chi connectivity index (χ2n) is 5.93. The van der Waals surface area contributed by atoms with Gasteiger partial charge in [-0.15, -0.1) is 10.2 Å². The lowest BCUT2D eigenvalue weighted by Crippen LogP contribution is -2.36. The molecule has 1 amide bonds. The van der Waals surface area contributed by atoms with Crippen LogP contribution in [0.5, 0.6) is 0 Å². The van der Waals surface area contributed by atoms with E-state index in [0.717, 1.165) is 10.6 Å². The predicted octanol–water partition coefficient (Wildman–Crippen LogP) is 1.48. The zero-order chi connectivity index (χ0) is 18.1. The predicted molar refractivity (Wildman–Crippen MR) is 99.6 cm³/mol. The Morgan fingerprint density at radius 2 is 2.19 bits per heavy atom. The van der Waals surface area contributed by atoms with Gasteiger partial charge in [-0.3, -0.25) is 4.79 Å². The van der Waals surface area contributed by atoms with Gasteiger partial charge < -0.3 is 10.6 Å². The number of carbonyl (C=O) groups excluding carboxylic acids is 1. The SMILES string of the molecule is O=C(CSc1nnc2c(n1)Nc1ccccc1S2)N[C@H]1CCS(=O)(=O)C1. The molecule has 1 aromatic carbocycles. The Kier molecular flexibility index (Phi) is 4.76. The van der Waals surface area contributed by atoms with Crippen LogP contribution in [0.4, 0.5) is 11.5 Å². The first-order chi connectivity index (χ1) is 12.5. The van der Waals surface area contributed by atoms with Gasteiger partial charge in [0.15, 0.2) is 20.7 Å². The minimum atomic E-state index is -3.01. The number of sulfone groups is 1. The summed E-state index contributed by atoms with van der Waals surface area (Å²) in [5.74, 6) is 0.648. The van der Waals surface area contributed by atoms with Gasteiger partial charge in [-0.1, -0.05) is 35.7 Å². The highest BCUT2D eigenvalue weighted by atomic mass is 32.2. The number of amides is 1. The number of hydrogen-bond donors (Lipinski definition) is 2. The van der Waals surface area contributed by atoms with Crippen LogP contribution >= 0.6 is 23.5 Å². The van der Waals surface area contributed by atoms with E-state index in [4.69, 9.17) is 0 Å². The summed E-state index contributed by atoms with van der Waals surface area (Å²) in [4.78, 5) is 17.5. The Morgan fingerprint density at radius 1 is 1.35 bits per heavy atom. The second kappa shape index (κ2) is 7.05. The zero-order valence-electron chi connectivity index (χ0n) is 13.5. The number of fused-ring (bicyclic) bond motifs is 2. The van der Waals surface area contributed by atoms with Gasteiger partial charge in [0.25, 0.3) is 0 Å². The van der Waals surface area contributed by atoms with E-state index in [9.17, 15) is 13.2 Å². The third-order valence-corrected chi connectivity index (χ3v) is 7.56. The normalized spacial score (nSPS) is 19.9. The molecule has 0 radical (unpaired) electrons. The van der Waals surface area contributed by atoms with Crippen LogP contribution in [-0.4, -0.2) is 52.8 Å². The zero-order valence-corrected chi connectivity index (χ0v) is 16.0. The molecule has 2 aromatic rings. The van der Waals surface area contributed by atoms with E-state index in [0.29, 0.717) is 22.4 Å². The van der Waals surface area contributed by atoms with Crippen molar-refractivity contribution in [2.75, 3.05) is 22.6 Å². The van der Waals surface area contributed by atoms with Gasteiger partial charge in [-0.2, -0.15) is 0 Å². The van der Waals surface area contributed by atoms with Gasteiger partial charge >= 0.3 is 0 Å². The standard InChI is InChI=1S/C15H15N5O3S3/c21-12(16-9-5-6-26(22,23)8-9)7-24-15-18-13-14(19-20-15)25-11-4-2-1-3-10(11)17-13/h1-4,9H,5-8H2,(H,16,21)(H,17,18,20)/t9-/m0/s1. The molecule has 4 rings (SSSR count). The van der Waals surface area contributed by atoms with Crippen LogP contribution in [0.2, 0.25) is 0 Å². The smallest absolute Gasteiger partial charge is 0.230 e. The fourth-order valence-electron chi connectivity index (χ4n) is 2.71. The van der Waals surface area contributed by atoms with E-state index in [2.05, 4.69) is 25.8 Å². The first-order valence-electron chi connectivity index (χ1n) is 7.90. The number of para-hydroxylation sites is 1. The molecule has 1 saturated heterocycles. The molecule has 3 heterocycles. The molecule has 8 nitrogen and oxygen atoms in total. The molecule has 0 spiro atoms. The number of benzene rings is 1. The molecule has 2 aliphatic heterocycles. The molecule has 0 aliphatic carbocycles. The van der Waals surface area contributed by atoms with Gasteiger partial charge in [-0.25, -0.2) is 13.4 Å². The fraction of sp³-hybridized carbons (Fsp3) is 0.333. The van der Waals surface area contributed by atoms with Gasteiger partial charge in [0.2, 0.25) is 11.1 Å². The molecule has 136 valence electrons. The summed E-state index contributed by atoms with van der Waals surface area (Å²) in [5.41, 5.74) is 0.960. The Labute approximate surface area is 158 Å². The highest BCUT2D eigenvalue weighted by Crippen LogP contribution is 2.41. The lowest BCUT2D eigenvalue weighted by molar-refractivity contribution is -0.119. The number of carbonyl (C=O) groups is 1. The number of thioether (sulfide) groups is 1. The van der Waals surface area contributed by atoms with Crippen molar-refractivity contribution in [1.82, 2.24) is 20.5 Å². The Bertz CT molecular complexity index is 967. The van der Waals surface area contributed by atoms with Crippen molar-refractivity contribution in [2.24, 2.45) is 0 Å². The molecule has 26 heavy (non-hydrogen) atoms. The summed E-state index contributed by atoms with van der Waals surface area (Å²) >= 11 is 2.66. The quantitative estimate of drug-likeness (QED) is 0.618. The van der Waals surface area contributed by atoms with Crippen molar-refractivity contribution in [3.8, 4) is 0 Å². The summed E-state index contributed by atoms with van der Waals surface area (Å²) in [6, 6.07) is 7.55. The van der Waals surface area contributed by atoms with E-state index in [-0.39, 0.29) is 29.2 Å². The van der Waals surface area contributed by atoms with Gasteiger partial charge in [0.1, 0.15) is 0 Å². The number of nitrogens with one attached hydrogen (secondary N) is 2. The molecule has 0 bridgehead atoms. The van der Waals surface area contributed by atoms with Crippen LogP contribution in [-0.2, 0) is 14.6 Å². The molecule has 1 fully saturated rings. The third kappa shape index (κ3) is 3.94. The second-order valence-corrected chi connectivity index (χ2v) is 10.1. The summed E-state index contributed by atoms with van der Waals surface area (Å²) in [7, 11) is -3.01. The fourth-order valence-corrected chi connectivity index (χ4v) is 5.84. The van der Waals surface area contributed by atoms with Gasteiger partial charge in [0, 0.05) is 10.9 Å². The third-order valence-electron chi connectivity index (χ3n) is 3.91. The number of aromatic nitrogens is 3. The molecular weight excluding hydrogens is 394 g/mol. The van der Waals surface area contributed by atoms with E-state index >= 15 is 0 Å². The van der Waals surface area contributed by atoms with Crippen LogP contribution in [0.1, 0.15) is 6.42 Å².